The predicted octanol–water partition coefficient (Wildman–Crippen LogP) is 5.76. The SMILES string of the molecule is O=C(CCN1C(=O)C(=Cc2ccc(F)cc2)SC1=S)Nc1ncc(Cc2ccc(Cl)cc2)s1. The first kappa shape index (κ1) is 23.6. The first-order valence-corrected chi connectivity index (χ1v) is 12.3. The summed E-state index contributed by atoms with van der Waals surface area (Å²) in [5.41, 5.74) is 1.80. The van der Waals surface area contributed by atoms with Gasteiger partial charge in [0, 0.05) is 35.5 Å². The van der Waals surface area contributed by atoms with Crippen LogP contribution in [0.5, 0.6) is 0 Å². The highest BCUT2D eigenvalue weighted by molar-refractivity contribution is 8.26. The van der Waals surface area contributed by atoms with E-state index < -0.39 is 0 Å². The molecule has 0 atom stereocenters. The molecule has 0 aliphatic carbocycles. The molecule has 2 amide bonds. The zero-order chi connectivity index (χ0) is 23.4. The van der Waals surface area contributed by atoms with Gasteiger partial charge >= 0.3 is 0 Å². The molecule has 0 unspecified atom stereocenters. The largest absolute Gasteiger partial charge is 0.302 e. The number of halogens is 2. The molecular weight excluding hydrogens is 501 g/mol. The molecule has 0 spiro atoms. The number of benzene rings is 2. The summed E-state index contributed by atoms with van der Waals surface area (Å²) in [7, 11) is 0. The van der Waals surface area contributed by atoms with Crippen LogP contribution in [0.4, 0.5) is 9.52 Å². The number of thiazole rings is 1. The highest BCUT2D eigenvalue weighted by Crippen LogP contribution is 2.32. The number of carbonyl (C=O) groups is 2. The molecule has 0 saturated carbocycles. The van der Waals surface area contributed by atoms with Gasteiger partial charge in [-0.05, 0) is 41.5 Å². The summed E-state index contributed by atoms with van der Waals surface area (Å²) in [5.74, 6) is -0.858. The van der Waals surface area contributed by atoms with Gasteiger partial charge in [0.1, 0.15) is 10.1 Å². The summed E-state index contributed by atoms with van der Waals surface area (Å²) in [5, 5.41) is 3.97. The molecule has 168 valence electrons. The van der Waals surface area contributed by atoms with Crippen molar-refractivity contribution in [2.75, 3.05) is 11.9 Å². The van der Waals surface area contributed by atoms with Gasteiger partial charge < -0.3 is 5.32 Å². The highest BCUT2D eigenvalue weighted by Gasteiger charge is 2.32. The van der Waals surface area contributed by atoms with E-state index in [0.717, 1.165) is 10.4 Å². The number of anilines is 1. The van der Waals surface area contributed by atoms with Crippen LogP contribution in [0.2, 0.25) is 5.02 Å². The molecule has 3 aromatic rings. The molecule has 0 radical (unpaired) electrons. The van der Waals surface area contributed by atoms with Gasteiger partial charge in [-0.15, -0.1) is 11.3 Å². The van der Waals surface area contributed by atoms with Gasteiger partial charge in [0.2, 0.25) is 5.91 Å². The third-order valence-electron chi connectivity index (χ3n) is 4.70. The maximum Gasteiger partial charge on any atom is 0.266 e. The van der Waals surface area contributed by atoms with Crippen molar-refractivity contribution in [3.8, 4) is 0 Å². The lowest BCUT2D eigenvalue weighted by Gasteiger charge is -2.13. The summed E-state index contributed by atoms with van der Waals surface area (Å²) in [6.07, 6.45) is 4.18. The Morgan fingerprint density at radius 3 is 2.64 bits per heavy atom. The average molecular weight is 518 g/mol. The maximum absolute atomic E-state index is 13.1. The Morgan fingerprint density at radius 1 is 1.18 bits per heavy atom. The van der Waals surface area contributed by atoms with Crippen LogP contribution in [0, 0.1) is 5.82 Å². The Bertz CT molecular complexity index is 1230. The minimum absolute atomic E-state index is 0.0857. The number of nitrogens with one attached hydrogen (secondary N) is 1. The van der Waals surface area contributed by atoms with E-state index in [9.17, 15) is 14.0 Å². The van der Waals surface area contributed by atoms with Crippen molar-refractivity contribution in [2.24, 2.45) is 0 Å². The number of thioether (sulfide) groups is 1. The first-order valence-electron chi connectivity index (χ1n) is 9.87. The summed E-state index contributed by atoms with van der Waals surface area (Å²) in [6, 6.07) is 13.4. The number of hydrogen-bond donors (Lipinski definition) is 1. The molecule has 2 heterocycles. The van der Waals surface area contributed by atoms with Crippen LogP contribution < -0.4 is 5.32 Å². The second-order valence-electron chi connectivity index (χ2n) is 7.12. The predicted molar refractivity (Wildman–Crippen MR) is 136 cm³/mol. The van der Waals surface area contributed by atoms with Crippen LogP contribution in [0.1, 0.15) is 22.4 Å². The van der Waals surface area contributed by atoms with Crippen LogP contribution >= 0.6 is 46.9 Å². The van der Waals surface area contributed by atoms with Gasteiger partial charge in [0.25, 0.3) is 5.91 Å². The minimum Gasteiger partial charge on any atom is -0.302 e. The standard InChI is InChI=1S/C23H17ClFN3O2S3/c24-16-5-1-14(2-6-16)11-18-13-26-22(32-18)27-20(29)9-10-28-21(30)19(33-23(28)31)12-15-3-7-17(25)8-4-15/h1-8,12-13H,9-11H2,(H,26,27,29). The van der Waals surface area contributed by atoms with E-state index in [1.54, 1.807) is 24.4 Å². The van der Waals surface area contributed by atoms with Gasteiger partial charge in [0.05, 0.1) is 4.91 Å². The molecule has 1 N–H and O–H groups in total. The van der Waals surface area contributed by atoms with E-state index in [4.69, 9.17) is 23.8 Å². The van der Waals surface area contributed by atoms with Crippen molar-refractivity contribution < 1.29 is 14.0 Å². The smallest absolute Gasteiger partial charge is 0.266 e. The molecule has 1 aromatic heterocycles. The second-order valence-corrected chi connectivity index (χ2v) is 10.3. The summed E-state index contributed by atoms with van der Waals surface area (Å²) >= 11 is 13.8. The van der Waals surface area contributed by atoms with Crippen molar-refractivity contribution in [1.82, 2.24) is 9.88 Å². The van der Waals surface area contributed by atoms with Crippen LogP contribution in [0.25, 0.3) is 6.08 Å². The normalized spacial score (nSPS) is 14.8. The van der Waals surface area contributed by atoms with E-state index in [-0.39, 0.29) is 30.6 Å². The zero-order valence-electron chi connectivity index (χ0n) is 17.1. The summed E-state index contributed by atoms with van der Waals surface area (Å²) in [4.78, 5) is 32.2. The summed E-state index contributed by atoms with van der Waals surface area (Å²) in [6.45, 7) is 0.167. The number of rotatable bonds is 7. The average Bonchev–Trinajstić information content (AvgIpc) is 3.33. The molecule has 10 heteroatoms. The van der Waals surface area contributed by atoms with Gasteiger partial charge in [0.15, 0.2) is 5.13 Å². The van der Waals surface area contributed by atoms with E-state index >= 15 is 0 Å². The number of carbonyl (C=O) groups excluding carboxylic acids is 2. The van der Waals surface area contributed by atoms with E-state index in [2.05, 4.69) is 10.3 Å². The third kappa shape index (κ3) is 6.26. The number of amides is 2. The van der Waals surface area contributed by atoms with Crippen LogP contribution in [0.3, 0.4) is 0 Å². The minimum atomic E-state index is -0.344. The van der Waals surface area contributed by atoms with Crippen LogP contribution in [0.15, 0.2) is 59.6 Å². The molecule has 33 heavy (non-hydrogen) atoms. The second kappa shape index (κ2) is 10.6. The monoisotopic (exact) mass is 517 g/mol. The molecule has 1 aliphatic heterocycles. The van der Waals surface area contributed by atoms with E-state index in [0.29, 0.717) is 31.4 Å². The Morgan fingerprint density at radius 2 is 1.91 bits per heavy atom. The molecular formula is C23H17ClFN3O2S3. The lowest BCUT2D eigenvalue weighted by atomic mass is 10.1. The maximum atomic E-state index is 13.1. The van der Waals surface area contributed by atoms with Gasteiger partial charge in [-0.2, -0.15) is 0 Å². The topological polar surface area (TPSA) is 62.3 Å². The quantitative estimate of drug-likeness (QED) is 0.319. The number of thiocarbonyl (C=S) groups is 1. The molecule has 4 rings (SSSR count). The van der Waals surface area contributed by atoms with E-state index in [1.165, 1.54) is 40.1 Å². The molecule has 2 aromatic carbocycles. The van der Waals surface area contributed by atoms with Crippen molar-refractivity contribution in [3.63, 3.8) is 0 Å². The Labute approximate surface area is 208 Å². The number of aromatic nitrogens is 1. The van der Waals surface area contributed by atoms with Crippen molar-refractivity contribution >= 4 is 74.3 Å². The molecule has 5 nitrogen and oxygen atoms in total. The lowest BCUT2D eigenvalue weighted by molar-refractivity contribution is -0.122. The van der Waals surface area contributed by atoms with Crippen LogP contribution in [-0.4, -0.2) is 32.6 Å². The number of hydrogen-bond acceptors (Lipinski definition) is 6. The van der Waals surface area contributed by atoms with Gasteiger partial charge in [-0.25, -0.2) is 9.37 Å². The highest BCUT2D eigenvalue weighted by atomic mass is 35.5. The fourth-order valence-electron chi connectivity index (χ4n) is 3.05. The zero-order valence-corrected chi connectivity index (χ0v) is 20.3. The number of nitrogens with zero attached hydrogens (tertiary/aromatic N) is 2. The lowest BCUT2D eigenvalue weighted by Crippen LogP contribution is -2.31. The van der Waals surface area contributed by atoms with Crippen molar-refractivity contribution in [1.29, 1.82) is 0 Å². The molecule has 1 fully saturated rings. The molecule has 1 saturated heterocycles. The molecule has 1 aliphatic rings. The Balaban J connectivity index is 1.30. The Kier molecular flexibility index (Phi) is 7.54. The van der Waals surface area contributed by atoms with Crippen molar-refractivity contribution in [3.05, 3.63) is 86.5 Å². The van der Waals surface area contributed by atoms with Crippen LogP contribution in [-0.2, 0) is 16.0 Å². The van der Waals surface area contributed by atoms with Crippen molar-refractivity contribution in [2.45, 2.75) is 12.8 Å². The van der Waals surface area contributed by atoms with Gasteiger partial charge in [-0.3, -0.25) is 14.5 Å². The fourth-order valence-corrected chi connectivity index (χ4v) is 5.35. The molecule has 0 bridgehead atoms. The third-order valence-corrected chi connectivity index (χ3v) is 7.24. The Hall–Kier alpha value is -2.59. The van der Waals surface area contributed by atoms with E-state index in [1.807, 2.05) is 24.3 Å². The summed E-state index contributed by atoms with van der Waals surface area (Å²) < 4.78 is 13.5. The fraction of sp³-hybridized carbons (Fsp3) is 0.130. The first-order chi connectivity index (χ1) is 15.9. The van der Waals surface area contributed by atoms with Gasteiger partial charge in [-0.1, -0.05) is 59.8 Å².